The van der Waals surface area contributed by atoms with Gasteiger partial charge in [-0.15, -0.1) is 13.2 Å². The molecule has 4 aliphatic rings. The minimum absolute atomic E-state index is 0.122. The third-order valence-electron chi connectivity index (χ3n) is 11.9. The van der Waals surface area contributed by atoms with E-state index in [2.05, 4.69) is 215 Å². The molecular formula is C55H51IN2. The summed E-state index contributed by atoms with van der Waals surface area (Å²) in [6.07, 6.45) is 40.8. The molecular weight excluding hydrogens is 816 g/mol. The van der Waals surface area contributed by atoms with Crippen molar-refractivity contribution in [3.8, 4) is 0 Å². The van der Waals surface area contributed by atoms with Crippen molar-refractivity contribution < 1.29 is 0 Å². The average Bonchev–Trinajstić information content (AvgIpc) is 3.27. The molecule has 3 atom stereocenters. The van der Waals surface area contributed by atoms with Gasteiger partial charge in [-0.25, -0.2) is 4.99 Å². The number of para-hydroxylation sites is 1. The van der Waals surface area contributed by atoms with Crippen LogP contribution in [0, 0.1) is 11.3 Å². The quantitative estimate of drug-likeness (QED) is 0.0808. The molecule has 3 aliphatic carbocycles. The minimum Gasteiger partial charge on any atom is -0.376 e. The van der Waals surface area contributed by atoms with Crippen molar-refractivity contribution in [2.75, 3.05) is 5.32 Å². The lowest BCUT2D eigenvalue weighted by atomic mass is 9.67. The van der Waals surface area contributed by atoms with Gasteiger partial charge in [-0.2, -0.15) is 0 Å². The molecule has 0 aromatic heterocycles. The van der Waals surface area contributed by atoms with Crippen molar-refractivity contribution >= 4 is 62.1 Å². The maximum absolute atomic E-state index is 5.43. The predicted molar refractivity (Wildman–Crippen MR) is 260 cm³/mol. The Balaban J connectivity index is 1.11. The van der Waals surface area contributed by atoms with E-state index in [0.717, 1.165) is 67.6 Å². The van der Waals surface area contributed by atoms with Gasteiger partial charge in [0.25, 0.3) is 0 Å². The third kappa shape index (κ3) is 8.66. The van der Waals surface area contributed by atoms with E-state index in [4.69, 9.17) is 4.99 Å². The van der Waals surface area contributed by atoms with Crippen LogP contribution in [0.25, 0.3) is 22.4 Å². The van der Waals surface area contributed by atoms with E-state index in [9.17, 15) is 0 Å². The second kappa shape index (κ2) is 18.4. The van der Waals surface area contributed by atoms with Crippen LogP contribution in [0.5, 0.6) is 0 Å². The Hall–Kier alpha value is -5.52. The molecule has 0 amide bonds. The van der Waals surface area contributed by atoms with E-state index in [0.29, 0.717) is 5.92 Å². The first kappa shape index (κ1) is 39.3. The van der Waals surface area contributed by atoms with E-state index in [-0.39, 0.29) is 11.5 Å². The minimum atomic E-state index is -0.122. The van der Waals surface area contributed by atoms with Crippen LogP contribution >= 0.6 is 22.6 Å². The Morgan fingerprint density at radius 3 is 2.60 bits per heavy atom. The predicted octanol–water partition coefficient (Wildman–Crippen LogP) is 15.1. The van der Waals surface area contributed by atoms with E-state index < -0.39 is 0 Å². The molecule has 1 spiro atoms. The largest absolute Gasteiger partial charge is 0.376 e. The van der Waals surface area contributed by atoms with Crippen molar-refractivity contribution in [1.29, 1.82) is 0 Å². The standard InChI is InChI=1S/C55H51IN2/c1-3-5-17-41(4-2)51-32-29-44-23-16-25-53(54(44)58-51)57-52(43-19-8-6-9-20-43)33-31-48-30-26-40(38-55(48)34-14-7-15-35-55)36-46-22-12-13-24-49(46)50(39-56)47-28-27-42-18-10-11-21-45(42)37-47/h3-4,7-8,10-16,18-34,37,39,41,51,58H,1-2,5-6,9,17,35-36,38H2/b33-31+,50-39-,57-52+. The second-order valence-electron chi connectivity index (χ2n) is 15.7. The fourth-order valence-electron chi connectivity index (χ4n) is 8.78. The molecule has 0 radical (unpaired) electrons. The first-order chi connectivity index (χ1) is 28.6. The fourth-order valence-corrected chi connectivity index (χ4v) is 9.48. The van der Waals surface area contributed by atoms with Crippen molar-refractivity contribution in [2.45, 2.75) is 51.0 Å². The molecule has 0 saturated carbocycles. The third-order valence-corrected chi connectivity index (χ3v) is 12.6. The summed E-state index contributed by atoms with van der Waals surface area (Å²) in [6.45, 7) is 8.10. The number of aliphatic imine (C=N–C) groups is 1. The molecule has 0 fully saturated rings. The Morgan fingerprint density at radius 2 is 1.79 bits per heavy atom. The van der Waals surface area contributed by atoms with Crippen LogP contribution in [0.3, 0.4) is 0 Å². The summed E-state index contributed by atoms with van der Waals surface area (Å²) in [5.74, 6) is 0.302. The van der Waals surface area contributed by atoms with Crippen LogP contribution in [0.4, 0.5) is 11.4 Å². The summed E-state index contributed by atoms with van der Waals surface area (Å²) < 4.78 is 2.24. The summed E-state index contributed by atoms with van der Waals surface area (Å²) in [7, 11) is 0. The van der Waals surface area contributed by atoms with Crippen LogP contribution in [0.2, 0.25) is 0 Å². The number of allylic oxidation sites excluding steroid dienone is 15. The van der Waals surface area contributed by atoms with Gasteiger partial charge in [-0.05, 0) is 117 Å². The van der Waals surface area contributed by atoms with Crippen molar-refractivity contribution in [3.05, 3.63) is 226 Å². The molecule has 4 aromatic carbocycles. The number of halogens is 1. The van der Waals surface area contributed by atoms with E-state index in [1.54, 1.807) is 0 Å². The van der Waals surface area contributed by atoms with Crippen molar-refractivity contribution in [3.63, 3.8) is 0 Å². The first-order valence-electron chi connectivity index (χ1n) is 20.6. The highest BCUT2D eigenvalue weighted by molar-refractivity contribution is 14.1. The number of hydrogen-bond donors (Lipinski definition) is 1. The van der Waals surface area contributed by atoms with Gasteiger partial charge >= 0.3 is 0 Å². The number of rotatable bonds is 13. The molecule has 0 saturated heterocycles. The topological polar surface area (TPSA) is 24.4 Å². The molecule has 3 heteroatoms. The van der Waals surface area contributed by atoms with Gasteiger partial charge in [-0.3, -0.25) is 0 Å². The number of nitrogens with one attached hydrogen (secondary N) is 1. The van der Waals surface area contributed by atoms with Crippen LogP contribution in [0.1, 0.15) is 60.8 Å². The molecule has 0 bridgehead atoms. The lowest BCUT2D eigenvalue weighted by Gasteiger charge is -2.36. The fraction of sp³-hybridized carbons (Fsp3) is 0.182. The highest BCUT2D eigenvalue weighted by Crippen LogP contribution is 2.46. The molecule has 58 heavy (non-hydrogen) atoms. The van der Waals surface area contributed by atoms with Crippen LogP contribution < -0.4 is 5.32 Å². The Labute approximate surface area is 358 Å². The maximum atomic E-state index is 5.43. The number of hydrogen-bond acceptors (Lipinski definition) is 2. The number of nitrogens with zero attached hydrogens (tertiary/aromatic N) is 1. The van der Waals surface area contributed by atoms with Crippen molar-refractivity contribution in [2.24, 2.45) is 16.3 Å². The van der Waals surface area contributed by atoms with Crippen LogP contribution in [-0.2, 0) is 6.42 Å². The van der Waals surface area contributed by atoms with Gasteiger partial charge in [0.2, 0.25) is 0 Å². The summed E-state index contributed by atoms with van der Waals surface area (Å²) in [6, 6.07) is 30.9. The summed E-state index contributed by atoms with van der Waals surface area (Å²) >= 11 is 2.42. The Bertz CT molecular complexity index is 2530. The zero-order valence-corrected chi connectivity index (χ0v) is 35.3. The first-order valence-corrected chi connectivity index (χ1v) is 21.9. The zero-order chi connectivity index (χ0) is 39.7. The average molecular weight is 867 g/mol. The molecule has 288 valence electrons. The Morgan fingerprint density at radius 1 is 0.914 bits per heavy atom. The maximum Gasteiger partial charge on any atom is 0.0874 e. The van der Waals surface area contributed by atoms with Gasteiger partial charge in [0, 0.05) is 11.3 Å². The summed E-state index contributed by atoms with van der Waals surface area (Å²) in [4.78, 5) is 5.43. The highest BCUT2D eigenvalue weighted by atomic mass is 127. The van der Waals surface area contributed by atoms with E-state index in [1.165, 1.54) is 49.8 Å². The second-order valence-corrected chi connectivity index (χ2v) is 16.3. The molecule has 4 aromatic rings. The van der Waals surface area contributed by atoms with Gasteiger partial charge in [0.15, 0.2) is 0 Å². The van der Waals surface area contributed by atoms with Gasteiger partial charge in [0.05, 0.1) is 23.1 Å². The molecule has 8 rings (SSSR count). The monoisotopic (exact) mass is 866 g/mol. The smallest absolute Gasteiger partial charge is 0.0874 e. The van der Waals surface area contributed by atoms with Gasteiger partial charge in [0.1, 0.15) is 0 Å². The lowest BCUT2D eigenvalue weighted by Crippen LogP contribution is -2.28. The molecule has 1 heterocycles. The van der Waals surface area contributed by atoms with E-state index >= 15 is 0 Å². The van der Waals surface area contributed by atoms with Crippen molar-refractivity contribution in [1.82, 2.24) is 0 Å². The summed E-state index contributed by atoms with van der Waals surface area (Å²) in [5.41, 5.74) is 13.1. The lowest BCUT2D eigenvalue weighted by molar-refractivity contribution is 0.457. The molecule has 1 aliphatic heterocycles. The van der Waals surface area contributed by atoms with Gasteiger partial charge in [-0.1, -0.05) is 186 Å². The van der Waals surface area contributed by atoms with Crippen LogP contribution in [0.15, 0.2) is 209 Å². The zero-order valence-electron chi connectivity index (χ0n) is 33.2. The summed E-state index contributed by atoms with van der Waals surface area (Å²) in [5, 5.41) is 6.37. The van der Waals surface area contributed by atoms with Gasteiger partial charge < -0.3 is 5.32 Å². The molecule has 1 N–H and O–H groups in total. The highest BCUT2D eigenvalue weighted by Gasteiger charge is 2.33. The number of benzene rings is 4. The molecule has 3 unspecified atom stereocenters. The molecule has 2 nitrogen and oxygen atoms in total. The van der Waals surface area contributed by atoms with E-state index in [1.807, 2.05) is 6.08 Å². The Kier molecular flexibility index (Phi) is 12.5. The number of anilines is 1. The number of fused-ring (bicyclic) bond motifs is 2. The van der Waals surface area contributed by atoms with Crippen LogP contribution in [-0.4, -0.2) is 11.8 Å². The SMILES string of the molecule is C=CCCC(C=C)C1C=Cc2cccc(/N=C(\C=C\C3=CC=C(Cc4ccccc4/C(=C\I)c4ccc5ccccc5c4)CC34C=CC=CC4)C3=CCCC=C3)c2N1. The normalized spacial score (nSPS) is 20.7.